The second-order valence-corrected chi connectivity index (χ2v) is 4.19. The highest BCUT2D eigenvalue weighted by Crippen LogP contribution is 2.16. The van der Waals surface area contributed by atoms with Crippen molar-refractivity contribution >= 4 is 5.84 Å². The van der Waals surface area contributed by atoms with E-state index in [1.54, 1.807) is 14.2 Å². The maximum absolute atomic E-state index is 8.57. The summed E-state index contributed by atoms with van der Waals surface area (Å²) in [6.07, 6.45) is 0.203. The molecule has 0 amide bonds. The van der Waals surface area contributed by atoms with Crippen LogP contribution in [-0.2, 0) is 9.47 Å². The van der Waals surface area contributed by atoms with Gasteiger partial charge in [-0.3, -0.25) is 4.90 Å². The second kappa shape index (κ2) is 6.03. The molecule has 0 aromatic carbocycles. The summed E-state index contributed by atoms with van der Waals surface area (Å²) in [6.45, 7) is 4.31. The SMILES string of the molecule is COC1CN(CC(C)C(N)=NO)CC1OC. The van der Waals surface area contributed by atoms with Crippen LogP contribution < -0.4 is 5.73 Å². The van der Waals surface area contributed by atoms with Crippen molar-refractivity contribution in [3.63, 3.8) is 0 Å². The van der Waals surface area contributed by atoms with Crippen molar-refractivity contribution in [1.82, 2.24) is 4.90 Å². The minimum absolute atomic E-state index is 0.0260. The molecule has 0 saturated carbocycles. The van der Waals surface area contributed by atoms with Crippen LogP contribution in [0, 0.1) is 5.92 Å². The lowest BCUT2D eigenvalue weighted by molar-refractivity contribution is -0.00461. The molecule has 3 unspecified atom stereocenters. The number of amidine groups is 1. The second-order valence-electron chi connectivity index (χ2n) is 4.19. The van der Waals surface area contributed by atoms with E-state index in [1.165, 1.54) is 0 Å². The standard InChI is InChI=1S/C10H21N3O3/c1-7(10(11)12-14)4-13-5-8(15-2)9(6-13)16-3/h7-9,14H,4-6H2,1-3H3,(H2,11,12). The van der Waals surface area contributed by atoms with E-state index < -0.39 is 0 Å². The third-order valence-electron chi connectivity index (χ3n) is 3.05. The fourth-order valence-corrected chi connectivity index (χ4v) is 2.00. The van der Waals surface area contributed by atoms with Crippen molar-refractivity contribution in [2.75, 3.05) is 33.9 Å². The highest BCUT2D eigenvalue weighted by Gasteiger charge is 2.33. The van der Waals surface area contributed by atoms with Crippen LogP contribution in [0.4, 0.5) is 0 Å². The van der Waals surface area contributed by atoms with Gasteiger partial charge in [-0.05, 0) is 0 Å². The molecule has 6 heteroatoms. The molecule has 1 saturated heterocycles. The van der Waals surface area contributed by atoms with Crippen LogP contribution in [0.1, 0.15) is 6.92 Å². The Hall–Kier alpha value is -0.850. The highest BCUT2D eigenvalue weighted by molar-refractivity contribution is 5.82. The molecule has 6 nitrogen and oxygen atoms in total. The molecular formula is C10H21N3O3. The molecule has 3 N–H and O–H groups in total. The van der Waals surface area contributed by atoms with Gasteiger partial charge in [-0.1, -0.05) is 12.1 Å². The molecule has 16 heavy (non-hydrogen) atoms. The van der Waals surface area contributed by atoms with E-state index in [0.717, 1.165) is 19.6 Å². The summed E-state index contributed by atoms with van der Waals surface area (Å²) in [6, 6.07) is 0. The van der Waals surface area contributed by atoms with E-state index in [-0.39, 0.29) is 24.0 Å². The maximum atomic E-state index is 8.57. The minimum Gasteiger partial charge on any atom is -0.409 e. The number of hydrogen-bond donors (Lipinski definition) is 2. The lowest BCUT2D eigenvalue weighted by atomic mass is 10.1. The predicted octanol–water partition coefficient (Wildman–Crippen LogP) is -0.285. The monoisotopic (exact) mass is 231 g/mol. The smallest absolute Gasteiger partial charge is 0.143 e. The van der Waals surface area contributed by atoms with E-state index in [2.05, 4.69) is 10.1 Å². The predicted molar refractivity (Wildman–Crippen MR) is 60.6 cm³/mol. The molecule has 1 aliphatic heterocycles. The first kappa shape index (κ1) is 13.2. The average Bonchev–Trinajstić information content (AvgIpc) is 2.69. The first-order valence-corrected chi connectivity index (χ1v) is 5.37. The van der Waals surface area contributed by atoms with Crippen molar-refractivity contribution in [3.05, 3.63) is 0 Å². The van der Waals surface area contributed by atoms with Gasteiger partial charge in [-0.2, -0.15) is 0 Å². The lowest BCUT2D eigenvalue weighted by Crippen LogP contribution is -2.34. The van der Waals surface area contributed by atoms with Gasteiger partial charge in [0.2, 0.25) is 0 Å². The largest absolute Gasteiger partial charge is 0.409 e. The molecule has 1 fully saturated rings. The summed E-state index contributed by atoms with van der Waals surface area (Å²) in [5.74, 6) is 0.285. The molecule has 0 aliphatic carbocycles. The molecular weight excluding hydrogens is 210 g/mol. The fourth-order valence-electron chi connectivity index (χ4n) is 2.00. The summed E-state index contributed by atoms with van der Waals surface area (Å²) < 4.78 is 10.7. The Morgan fingerprint density at radius 1 is 1.44 bits per heavy atom. The Morgan fingerprint density at radius 2 is 1.94 bits per heavy atom. The van der Waals surface area contributed by atoms with E-state index >= 15 is 0 Å². The number of rotatable bonds is 5. The Kier molecular flexibility index (Phi) is 4.98. The van der Waals surface area contributed by atoms with E-state index in [9.17, 15) is 0 Å². The highest BCUT2D eigenvalue weighted by atomic mass is 16.5. The van der Waals surface area contributed by atoms with E-state index in [0.29, 0.717) is 0 Å². The summed E-state index contributed by atoms with van der Waals surface area (Å²) in [7, 11) is 3.38. The van der Waals surface area contributed by atoms with Gasteiger partial charge in [-0.15, -0.1) is 0 Å². The topological polar surface area (TPSA) is 80.3 Å². The van der Waals surface area contributed by atoms with Crippen molar-refractivity contribution in [1.29, 1.82) is 0 Å². The van der Waals surface area contributed by atoms with Crippen LogP contribution in [0.5, 0.6) is 0 Å². The lowest BCUT2D eigenvalue weighted by Gasteiger charge is -2.19. The average molecular weight is 231 g/mol. The molecule has 1 aliphatic rings. The summed E-state index contributed by atoms with van der Waals surface area (Å²) in [4.78, 5) is 2.20. The van der Waals surface area contributed by atoms with Crippen LogP contribution in [-0.4, -0.2) is 62.0 Å². The van der Waals surface area contributed by atoms with E-state index in [4.69, 9.17) is 20.4 Å². The number of nitrogens with zero attached hydrogens (tertiary/aromatic N) is 2. The normalized spacial score (nSPS) is 29.6. The number of methoxy groups -OCH3 is 2. The molecule has 1 heterocycles. The molecule has 0 radical (unpaired) electrons. The Morgan fingerprint density at radius 3 is 2.31 bits per heavy atom. The number of nitrogens with two attached hydrogens (primary N) is 1. The van der Waals surface area contributed by atoms with Gasteiger partial charge in [0.15, 0.2) is 0 Å². The zero-order valence-electron chi connectivity index (χ0n) is 10.1. The van der Waals surface area contributed by atoms with Crippen LogP contribution in [0.2, 0.25) is 0 Å². The van der Waals surface area contributed by atoms with Crippen molar-refractivity contribution in [3.8, 4) is 0 Å². The summed E-state index contributed by atoms with van der Waals surface area (Å²) in [5.41, 5.74) is 5.54. The molecule has 1 rings (SSSR count). The van der Waals surface area contributed by atoms with Gasteiger partial charge in [0.25, 0.3) is 0 Å². The van der Waals surface area contributed by atoms with Crippen LogP contribution in [0.25, 0.3) is 0 Å². The minimum atomic E-state index is 0.0260. The molecule has 0 aromatic heterocycles. The Labute approximate surface area is 96.0 Å². The van der Waals surface area contributed by atoms with Crippen LogP contribution >= 0.6 is 0 Å². The quantitative estimate of drug-likeness (QED) is 0.294. The van der Waals surface area contributed by atoms with Crippen LogP contribution in [0.3, 0.4) is 0 Å². The molecule has 0 aromatic rings. The summed E-state index contributed by atoms with van der Waals surface area (Å²) in [5, 5.41) is 11.6. The van der Waals surface area contributed by atoms with Crippen molar-refractivity contribution < 1.29 is 14.7 Å². The first-order chi connectivity index (χ1) is 7.62. The number of ether oxygens (including phenoxy) is 2. The Balaban J connectivity index is 2.46. The summed E-state index contributed by atoms with van der Waals surface area (Å²) >= 11 is 0. The van der Waals surface area contributed by atoms with Gasteiger partial charge >= 0.3 is 0 Å². The zero-order chi connectivity index (χ0) is 12.1. The molecule has 0 spiro atoms. The van der Waals surface area contributed by atoms with Gasteiger partial charge in [-0.25, -0.2) is 0 Å². The third kappa shape index (κ3) is 3.07. The zero-order valence-corrected chi connectivity index (χ0v) is 10.1. The molecule has 94 valence electrons. The van der Waals surface area contributed by atoms with E-state index in [1.807, 2.05) is 6.92 Å². The number of oxime groups is 1. The van der Waals surface area contributed by atoms with Gasteiger partial charge < -0.3 is 20.4 Å². The Bertz CT molecular complexity index is 235. The van der Waals surface area contributed by atoms with Crippen molar-refractivity contribution in [2.24, 2.45) is 16.8 Å². The van der Waals surface area contributed by atoms with Gasteiger partial charge in [0, 0.05) is 39.8 Å². The van der Waals surface area contributed by atoms with Gasteiger partial charge in [0.1, 0.15) is 5.84 Å². The number of hydrogen-bond acceptors (Lipinski definition) is 5. The fraction of sp³-hybridized carbons (Fsp3) is 0.900. The maximum Gasteiger partial charge on any atom is 0.143 e. The van der Waals surface area contributed by atoms with Crippen LogP contribution in [0.15, 0.2) is 5.16 Å². The van der Waals surface area contributed by atoms with Crippen molar-refractivity contribution in [2.45, 2.75) is 19.1 Å². The molecule has 0 bridgehead atoms. The number of likely N-dealkylation sites (tertiary alicyclic amines) is 1. The third-order valence-corrected chi connectivity index (χ3v) is 3.05. The first-order valence-electron chi connectivity index (χ1n) is 5.37. The molecule has 3 atom stereocenters. The van der Waals surface area contributed by atoms with Gasteiger partial charge in [0.05, 0.1) is 12.2 Å².